The largest absolute Gasteiger partial charge is 0.479 e. The van der Waals surface area contributed by atoms with Crippen LogP contribution < -0.4 is 5.73 Å². The van der Waals surface area contributed by atoms with Crippen LogP contribution in [0.1, 0.15) is 34.1 Å². The Hall–Kier alpha value is -1.10. The topological polar surface area (TPSA) is 89.6 Å². The van der Waals surface area contributed by atoms with Gasteiger partial charge < -0.3 is 15.6 Å². The highest BCUT2D eigenvalue weighted by Crippen LogP contribution is 1.86. The molecular weight excluding hydrogens is 186 g/mol. The Morgan fingerprint density at radius 2 is 1.64 bits per heavy atom. The molecule has 0 saturated carbocycles. The second-order valence-corrected chi connectivity index (χ2v) is 2.06. The average Bonchev–Trinajstić information content (AvgIpc) is 2.08. The van der Waals surface area contributed by atoms with Gasteiger partial charge in [-0.15, -0.1) is 0 Å². The van der Waals surface area contributed by atoms with Crippen LogP contribution in [0.4, 0.5) is 0 Å². The lowest BCUT2D eigenvalue weighted by Gasteiger charge is -2.02. The first-order chi connectivity index (χ1) is 6.51. The number of hydrogen-bond acceptors (Lipinski definition) is 3. The first kappa shape index (κ1) is 18.6. The number of carbonyl (C=O) groups excluding carboxylic acids is 1. The summed E-state index contributed by atoms with van der Waals surface area (Å²) in [6.07, 6.45) is -0.273. The molecule has 1 unspecified atom stereocenters. The Balaban J connectivity index is -0.000000205. The number of hydrogen-bond donors (Lipinski definition) is 2. The molecule has 0 radical (unpaired) electrons. The molecule has 5 nitrogen and oxygen atoms in total. The van der Waals surface area contributed by atoms with E-state index >= 15 is 0 Å². The van der Waals surface area contributed by atoms with E-state index in [4.69, 9.17) is 5.11 Å². The van der Waals surface area contributed by atoms with E-state index in [2.05, 4.69) is 24.3 Å². The van der Waals surface area contributed by atoms with Gasteiger partial charge in [-0.1, -0.05) is 34.1 Å². The molecule has 1 amide bonds. The predicted octanol–water partition coefficient (Wildman–Crippen LogP) is 1.01. The standard InChI is InChI=1S/C4H7NO4.C3H8.C2H6/c1-9-2(3(5)6)4(7)8;1-3-2;1-2/h2H,1H3,(H2,5,6)(H,7,8);3H2,1-2H3;1-2H3. The number of carboxylic acid groups (broad SMARTS) is 1. The lowest BCUT2D eigenvalue weighted by Crippen LogP contribution is -2.37. The van der Waals surface area contributed by atoms with Gasteiger partial charge in [0.1, 0.15) is 0 Å². The molecule has 1 atom stereocenters. The zero-order chi connectivity index (χ0) is 12.1. The third-order valence-electron chi connectivity index (χ3n) is 0.718. The molecule has 0 heterocycles. The van der Waals surface area contributed by atoms with Crippen LogP contribution in [0.5, 0.6) is 0 Å². The summed E-state index contributed by atoms with van der Waals surface area (Å²) in [6.45, 7) is 8.25. The normalized spacial score (nSPS) is 9.79. The van der Waals surface area contributed by atoms with Gasteiger partial charge in [0.05, 0.1) is 0 Å². The van der Waals surface area contributed by atoms with Crippen LogP contribution in [0, 0.1) is 0 Å². The Labute approximate surface area is 85.2 Å². The van der Waals surface area contributed by atoms with Crippen LogP contribution in [0.25, 0.3) is 0 Å². The number of rotatable bonds is 3. The van der Waals surface area contributed by atoms with E-state index in [1.165, 1.54) is 6.42 Å². The van der Waals surface area contributed by atoms with Gasteiger partial charge in [0.15, 0.2) is 0 Å². The minimum atomic E-state index is -1.52. The van der Waals surface area contributed by atoms with Gasteiger partial charge in [0.2, 0.25) is 6.10 Å². The molecule has 5 heteroatoms. The molecule has 0 spiro atoms. The van der Waals surface area contributed by atoms with Crippen LogP contribution in [0.3, 0.4) is 0 Å². The van der Waals surface area contributed by atoms with Crippen molar-refractivity contribution >= 4 is 11.9 Å². The lowest BCUT2D eigenvalue weighted by molar-refractivity contribution is -0.153. The number of nitrogens with two attached hydrogens (primary N) is 1. The Morgan fingerprint density at radius 1 is 1.36 bits per heavy atom. The van der Waals surface area contributed by atoms with Crippen LogP contribution in [0.2, 0.25) is 0 Å². The first-order valence-electron chi connectivity index (χ1n) is 4.56. The molecule has 0 aromatic heterocycles. The van der Waals surface area contributed by atoms with E-state index < -0.39 is 18.0 Å². The SMILES string of the molecule is CC.CCC.COC(C(N)=O)C(=O)O. The molecule has 0 aromatic carbocycles. The number of primary amides is 1. The van der Waals surface area contributed by atoms with Gasteiger partial charge >= 0.3 is 5.97 Å². The quantitative estimate of drug-likeness (QED) is 0.676. The van der Waals surface area contributed by atoms with Crippen molar-refractivity contribution in [2.75, 3.05) is 7.11 Å². The molecule has 0 bridgehead atoms. The fourth-order valence-electron chi connectivity index (χ4n) is 0.339. The van der Waals surface area contributed by atoms with Crippen LogP contribution >= 0.6 is 0 Å². The van der Waals surface area contributed by atoms with E-state index in [1.807, 2.05) is 13.8 Å². The lowest BCUT2D eigenvalue weighted by atomic mass is 10.3. The molecule has 0 aliphatic carbocycles. The molecule has 86 valence electrons. The van der Waals surface area contributed by atoms with Gasteiger partial charge in [-0.3, -0.25) is 4.79 Å². The van der Waals surface area contributed by atoms with Gasteiger partial charge in [-0.25, -0.2) is 4.79 Å². The Kier molecular flexibility index (Phi) is 19.2. The van der Waals surface area contributed by atoms with Crippen molar-refractivity contribution in [2.24, 2.45) is 5.73 Å². The van der Waals surface area contributed by atoms with Gasteiger partial charge in [-0.2, -0.15) is 0 Å². The molecule has 0 aromatic rings. The third kappa shape index (κ3) is 13.5. The zero-order valence-corrected chi connectivity index (χ0v) is 9.53. The summed E-state index contributed by atoms with van der Waals surface area (Å²) in [6, 6.07) is 0. The van der Waals surface area contributed by atoms with Crippen molar-refractivity contribution in [3.8, 4) is 0 Å². The number of ether oxygens (including phenoxy) is 1. The summed E-state index contributed by atoms with van der Waals surface area (Å²) < 4.78 is 4.20. The van der Waals surface area contributed by atoms with Crippen molar-refractivity contribution in [1.82, 2.24) is 0 Å². The maximum atomic E-state index is 10.1. The van der Waals surface area contributed by atoms with E-state index in [0.717, 1.165) is 7.11 Å². The van der Waals surface area contributed by atoms with Crippen molar-refractivity contribution in [1.29, 1.82) is 0 Å². The van der Waals surface area contributed by atoms with Crippen molar-refractivity contribution in [3.63, 3.8) is 0 Å². The van der Waals surface area contributed by atoms with E-state index in [-0.39, 0.29) is 0 Å². The highest BCUT2D eigenvalue weighted by molar-refractivity contribution is 5.99. The highest BCUT2D eigenvalue weighted by Gasteiger charge is 2.21. The van der Waals surface area contributed by atoms with E-state index in [0.29, 0.717) is 0 Å². The molecule has 0 saturated heterocycles. The van der Waals surface area contributed by atoms with Gasteiger partial charge in [0.25, 0.3) is 5.91 Å². The highest BCUT2D eigenvalue weighted by atomic mass is 16.5. The summed E-state index contributed by atoms with van der Waals surface area (Å²) >= 11 is 0. The Bertz CT molecular complexity index is 134. The number of carbonyl (C=O) groups is 2. The summed E-state index contributed by atoms with van der Waals surface area (Å²) in [5.74, 6) is -2.37. The van der Waals surface area contributed by atoms with Crippen LogP contribution in [-0.4, -0.2) is 30.2 Å². The summed E-state index contributed by atoms with van der Waals surface area (Å²) in [5, 5.41) is 8.12. The average molecular weight is 207 g/mol. The monoisotopic (exact) mass is 207 g/mol. The minimum Gasteiger partial charge on any atom is -0.479 e. The van der Waals surface area contributed by atoms with Crippen molar-refractivity contribution < 1.29 is 19.4 Å². The third-order valence-corrected chi connectivity index (χ3v) is 0.718. The minimum absolute atomic E-state index is 0.995. The maximum Gasteiger partial charge on any atom is 0.342 e. The molecule has 3 N–H and O–H groups in total. The van der Waals surface area contributed by atoms with Crippen molar-refractivity contribution in [2.45, 2.75) is 40.2 Å². The Morgan fingerprint density at radius 3 is 1.64 bits per heavy atom. The van der Waals surface area contributed by atoms with Crippen LogP contribution in [0.15, 0.2) is 0 Å². The number of carboxylic acids is 1. The second kappa shape index (κ2) is 14.4. The molecule has 0 fully saturated rings. The van der Waals surface area contributed by atoms with Crippen molar-refractivity contribution in [3.05, 3.63) is 0 Å². The fraction of sp³-hybridized carbons (Fsp3) is 0.778. The van der Waals surface area contributed by atoms with E-state index in [1.54, 1.807) is 0 Å². The molecule has 0 aliphatic rings. The van der Waals surface area contributed by atoms with Gasteiger partial charge in [0, 0.05) is 7.11 Å². The molecule has 0 rings (SSSR count). The molecule has 14 heavy (non-hydrogen) atoms. The predicted molar refractivity (Wildman–Crippen MR) is 54.9 cm³/mol. The number of methoxy groups -OCH3 is 1. The van der Waals surface area contributed by atoms with Crippen LogP contribution in [-0.2, 0) is 14.3 Å². The zero-order valence-electron chi connectivity index (χ0n) is 9.53. The summed E-state index contributed by atoms with van der Waals surface area (Å²) in [5.41, 5.74) is 4.60. The smallest absolute Gasteiger partial charge is 0.342 e. The summed E-state index contributed by atoms with van der Waals surface area (Å²) in [4.78, 5) is 20.0. The molecular formula is C9H21NO4. The second-order valence-electron chi connectivity index (χ2n) is 2.06. The molecule has 0 aliphatic heterocycles. The summed E-state index contributed by atoms with van der Waals surface area (Å²) in [7, 11) is 1.10. The first-order valence-corrected chi connectivity index (χ1v) is 4.56. The maximum absolute atomic E-state index is 10.1. The van der Waals surface area contributed by atoms with Gasteiger partial charge in [-0.05, 0) is 0 Å². The van der Waals surface area contributed by atoms with E-state index in [9.17, 15) is 9.59 Å². The fourth-order valence-corrected chi connectivity index (χ4v) is 0.339. The number of amides is 1. The number of aliphatic carboxylic acids is 1.